The van der Waals surface area contributed by atoms with E-state index < -0.39 is 0 Å². The Balaban J connectivity index is 4.11. The van der Waals surface area contributed by atoms with E-state index in [0.717, 1.165) is 6.54 Å². The van der Waals surface area contributed by atoms with E-state index in [2.05, 4.69) is 44.6 Å². The first-order chi connectivity index (χ1) is 6.17. The number of rotatable bonds is 7. The van der Waals surface area contributed by atoms with Crippen LogP contribution >= 0.6 is 0 Å². The van der Waals surface area contributed by atoms with E-state index in [1.807, 2.05) is 0 Å². The molecule has 0 saturated heterocycles. The maximum absolute atomic E-state index is 2.49. The molecule has 13 heavy (non-hydrogen) atoms. The molecule has 0 aromatic carbocycles. The lowest BCUT2D eigenvalue weighted by Gasteiger charge is -2.37. The zero-order valence-electron chi connectivity index (χ0n) is 10.0. The third-order valence-electron chi connectivity index (χ3n) is 2.25. The van der Waals surface area contributed by atoms with Crippen LogP contribution in [0.4, 0.5) is 0 Å². The van der Waals surface area contributed by atoms with E-state index in [1.165, 1.54) is 25.9 Å². The smallest absolute Gasteiger partial charge is 0.0189 e. The van der Waals surface area contributed by atoms with E-state index in [9.17, 15) is 0 Å². The maximum atomic E-state index is 2.49. The van der Waals surface area contributed by atoms with Gasteiger partial charge in [-0.2, -0.15) is 0 Å². The standard InChI is InChI=1S/C11H26N2/c1-6-9-12(10-7-2)13(8-3)11(4)5/h11H,6-10H2,1-5H3. The van der Waals surface area contributed by atoms with E-state index in [4.69, 9.17) is 0 Å². The molecular weight excluding hydrogens is 160 g/mol. The molecule has 80 valence electrons. The van der Waals surface area contributed by atoms with Gasteiger partial charge in [0, 0.05) is 25.7 Å². The molecule has 0 aromatic heterocycles. The van der Waals surface area contributed by atoms with Gasteiger partial charge >= 0.3 is 0 Å². The predicted molar refractivity (Wildman–Crippen MR) is 59.7 cm³/mol. The van der Waals surface area contributed by atoms with Crippen molar-refractivity contribution in [3.8, 4) is 0 Å². The fourth-order valence-corrected chi connectivity index (χ4v) is 1.78. The summed E-state index contributed by atoms with van der Waals surface area (Å²) in [7, 11) is 0. The van der Waals surface area contributed by atoms with Gasteiger partial charge in [0.2, 0.25) is 0 Å². The van der Waals surface area contributed by atoms with E-state index in [1.54, 1.807) is 0 Å². The van der Waals surface area contributed by atoms with Crippen molar-refractivity contribution in [2.75, 3.05) is 19.6 Å². The molecule has 2 heteroatoms. The van der Waals surface area contributed by atoms with Crippen LogP contribution < -0.4 is 0 Å². The zero-order chi connectivity index (χ0) is 10.3. The van der Waals surface area contributed by atoms with Crippen LogP contribution in [0.2, 0.25) is 0 Å². The zero-order valence-corrected chi connectivity index (χ0v) is 10.0. The molecule has 0 rings (SSSR count). The lowest BCUT2D eigenvalue weighted by Crippen LogP contribution is -2.47. The van der Waals surface area contributed by atoms with Crippen molar-refractivity contribution in [3.05, 3.63) is 0 Å². The first-order valence-corrected chi connectivity index (χ1v) is 5.68. The molecular formula is C11H26N2. The van der Waals surface area contributed by atoms with E-state index in [-0.39, 0.29) is 0 Å². The lowest BCUT2D eigenvalue weighted by molar-refractivity contribution is -0.0464. The van der Waals surface area contributed by atoms with Gasteiger partial charge in [-0.3, -0.25) is 0 Å². The minimum atomic E-state index is 0.628. The largest absolute Gasteiger partial charge is 0.242 e. The number of hydrazine groups is 1. The average molecular weight is 186 g/mol. The van der Waals surface area contributed by atoms with Crippen molar-refractivity contribution in [2.45, 2.75) is 53.5 Å². The Labute approximate surface area is 83.9 Å². The molecule has 0 heterocycles. The molecule has 0 aliphatic rings. The first-order valence-electron chi connectivity index (χ1n) is 5.68. The monoisotopic (exact) mass is 186 g/mol. The first kappa shape index (κ1) is 12.9. The van der Waals surface area contributed by atoms with Crippen LogP contribution in [0.3, 0.4) is 0 Å². The van der Waals surface area contributed by atoms with E-state index >= 15 is 0 Å². The van der Waals surface area contributed by atoms with Gasteiger partial charge in [0.25, 0.3) is 0 Å². The molecule has 0 aliphatic heterocycles. The highest BCUT2D eigenvalue weighted by atomic mass is 15.6. The number of hydrogen-bond acceptors (Lipinski definition) is 2. The second-order valence-electron chi connectivity index (χ2n) is 3.80. The minimum absolute atomic E-state index is 0.628. The van der Waals surface area contributed by atoms with Crippen molar-refractivity contribution in [1.29, 1.82) is 0 Å². The van der Waals surface area contributed by atoms with Crippen LogP contribution in [-0.4, -0.2) is 35.7 Å². The van der Waals surface area contributed by atoms with Gasteiger partial charge in [0.1, 0.15) is 0 Å². The summed E-state index contributed by atoms with van der Waals surface area (Å²) < 4.78 is 0. The van der Waals surface area contributed by atoms with Gasteiger partial charge in [0.15, 0.2) is 0 Å². The van der Waals surface area contributed by atoms with Gasteiger partial charge in [0.05, 0.1) is 0 Å². The highest BCUT2D eigenvalue weighted by Gasteiger charge is 2.14. The van der Waals surface area contributed by atoms with Crippen LogP contribution in [0.25, 0.3) is 0 Å². The Hall–Kier alpha value is -0.0800. The quantitative estimate of drug-likeness (QED) is 0.564. The summed E-state index contributed by atoms with van der Waals surface area (Å²) in [5.41, 5.74) is 0. The topological polar surface area (TPSA) is 6.48 Å². The fraction of sp³-hybridized carbons (Fsp3) is 1.00. The summed E-state index contributed by atoms with van der Waals surface area (Å²) in [6.45, 7) is 14.8. The minimum Gasteiger partial charge on any atom is -0.242 e. The highest BCUT2D eigenvalue weighted by Crippen LogP contribution is 2.05. The summed E-state index contributed by atoms with van der Waals surface area (Å²) in [5.74, 6) is 0. The molecule has 0 unspecified atom stereocenters. The van der Waals surface area contributed by atoms with E-state index in [0.29, 0.717) is 6.04 Å². The Morgan fingerprint density at radius 1 is 0.923 bits per heavy atom. The third kappa shape index (κ3) is 4.63. The summed E-state index contributed by atoms with van der Waals surface area (Å²) in [6, 6.07) is 0.628. The van der Waals surface area contributed by atoms with Gasteiger partial charge in [-0.25, -0.2) is 10.0 Å². The molecule has 0 saturated carbocycles. The van der Waals surface area contributed by atoms with Crippen LogP contribution in [0, 0.1) is 0 Å². The van der Waals surface area contributed by atoms with Crippen LogP contribution in [0.15, 0.2) is 0 Å². The fourth-order valence-electron chi connectivity index (χ4n) is 1.78. The van der Waals surface area contributed by atoms with Crippen LogP contribution in [0.1, 0.15) is 47.5 Å². The van der Waals surface area contributed by atoms with Gasteiger partial charge in [-0.05, 0) is 26.7 Å². The lowest BCUT2D eigenvalue weighted by atomic mass is 10.3. The van der Waals surface area contributed by atoms with Crippen molar-refractivity contribution in [2.24, 2.45) is 0 Å². The number of hydrogen-bond donors (Lipinski definition) is 0. The predicted octanol–water partition coefficient (Wildman–Crippen LogP) is 2.75. The molecule has 0 radical (unpaired) electrons. The molecule has 0 aromatic rings. The highest BCUT2D eigenvalue weighted by molar-refractivity contribution is 4.60. The average Bonchev–Trinajstić information content (AvgIpc) is 2.05. The normalized spacial score (nSPS) is 12.0. The molecule has 0 atom stereocenters. The molecule has 0 amide bonds. The van der Waals surface area contributed by atoms with Crippen molar-refractivity contribution < 1.29 is 0 Å². The second-order valence-corrected chi connectivity index (χ2v) is 3.80. The van der Waals surface area contributed by atoms with Gasteiger partial charge < -0.3 is 0 Å². The number of nitrogens with zero attached hydrogens (tertiary/aromatic N) is 2. The van der Waals surface area contributed by atoms with Crippen molar-refractivity contribution in [3.63, 3.8) is 0 Å². The SMILES string of the molecule is CCCN(CCC)N(CC)C(C)C. The van der Waals surface area contributed by atoms with Gasteiger partial charge in [-0.1, -0.05) is 20.8 Å². The Bertz CT molecular complexity index is 107. The molecule has 0 N–H and O–H groups in total. The Morgan fingerprint density at radius 3 is 1.62 bits per heavy atom. The van der Waals surface area contributed by atoms with Crippen LogP contribution in [-0.2, 0) is 0 Å². The molecule has 0 aliphatic carbocycles. The summed E-state index contributed by atoms with van der Waals surface area (Å²) in [6.07, 6.45) is 2.48. The summed E-state index contributed by atoms with van der Waals surface area (Å²) in [5, 5.41) is 4.96. The summed E-state index contributed by atoms with van der Waals surface area (Å²) in [4.78, 5) is 0. The van der Waals surface area contributed by atoms with Crippen LogP contribution in [0.5, 0.6) is 0 Å². The summed E-state index contributed by atoms with van der Waals surface area (Å²) >= 11 is 0. The van der Waals surface area contributed by atoms with Crippen molar-refractivity contribution in [1.82, 2.24) is 10.0 Å². The molecule has 2 nitrogen and oxygen atoms in total. The van der Waals surface area contributed by atoms with Crippen molar-refractivity contribution >= 4 is 0 Å². The second kappa shape index (κ2) is 7.34. The molecule has 0 spiro atoms. The molecule has 0 bridgehead atoms. The van der Waals surface area contributed by atoms with Gasteiger partial charge in [-0.15, -0.1) is 0 Å². The third-order valence-corrected chi connectivity index (χ3v) is 2.25. The maximum Gasteiger partial charge on any atom is 0.0189 e. The molecule has 0 fully saturated rings. The Kier molecular flexibility index (Phi) is 7.29. The Morgan fingerprint density at radius 2 is 1.38 bits per heavy atom.